The molecule has 0 atom stereocenters. The van der Waals surface area contributed by atoms with Crippen LogP contribution >= 0.6 is 11.6 Å². The first-order chi connectivity index (χ1) is 12.3. The highest BCUT2D eigenvalue weighted by molar-refractivity contribution is 6.31. The average Bonchev–Trinajstić information content (AvgIpc) is 2.61. The fraction of sp³-hybridized carbons (Fsp3) is 0.333. The number of carbonyl (C=O) groups excluding carboxylic acids is 1. The van der Waals surface area contributed by atoms with E-state index in [0.29, 0.717) is 16.4 Å². The molecular weight excluding hydrogens is 373 g/mol. The van der Waals surface area contributed by atoms with Gasteiger partial charge < -0.3 is 9.80 Å². The van der Waals surface area contributed by atoms with Crippen LogP contribution < -0.4 is 10.3 Å². The molecule has 1 aromatic carbocycles. The van der Waals surface area contributed by atoms with E-state index in [1.807, 2.05) is 0 Å². The lowest BCUT2D eigenvalue weighted by atomic mass is 10.2. The normalized spacial score (nSPS) is 14.2. The van der Waals surface area contributed by atoms with E-state index in [2.05, 4.69) is 10.5 Å². The van der Waals surface area contributed by atoms with Gasteiger partial charge >= 0.3 is 12.1 Å². The predicted molar refractivity (Wildman–Crippen MR) is 88.6 cm³/mol. The molecule has 26 heavy (non-hydrogen) atoms. The monoisotopic (exact) mass is 384 g/mol. The van der Waals surface area contributed by atoms with E-state index in [1.54, 1.807) is 29.2 Å². The Hall–Kier alpha value is -2.98. The van der Waals surface area contributed by atoms with Crippen molar-refractivity contribution in [2.24, 2.45) is 5.10 Å². The van der Waals surface area contributed by atoms with Crippen molar-refractivity contribution >= 4 is 34.6 Å². The summed E-state index contributed by atoms with van der Waals surface area (Å²) in [7, 11) is 0. The van der Waals surface area contributed by atoms with Crippen LogP contribution in [0, 0.1) is 22.7 Å². The standard InChI is InChI=1S/C15H12ClF3N6O/c16-10-1-2-13(12(7-10)23-22-11(8-20)9-21)24-3-5-25(6-4-24)14(26)15(17,18)19/h1-2,7,23H,3-6H2. The molecule has 1 heterocycles. The second-order valence-corrected chi connectivity index (χ2v) is 5.67. The topological polar surface area (TPSA) is 95.5 Å². The molecular formula is C15H12ClF3N6O. The number of nitrogens with one attached hydrogen (secondary N) is 1. The van der Waals surface area contributed by atoms with Crippen LogP contribution in [0.15, 0.2) is 23.3 Å². The van der Waals surface area contributed by atoms with Crippen LogP contribution in [0.4, 0.5) is 24.5 Å². The van der Waals surface area contributed by atoms with Crippen molar-refractivity contribution in [3.8, 4) is 12.1 Å². The molecule has 7 nitrogen and oxygen atoms in total. The smallest absolute Gasteiger partial charge is 0.366 e. The Kier molecular flexibility index (Phi) is 5.90. The summed E-state index contributed by atoms with van der Waals surface area (Å²) in [6, 6.07) is 7.94. The number of hydrazone groups is 1. The second-order valence-electron chi connectivity index (χ2n) is 5.23. The number of carbonyl (C=O) groups is 1. The number of benzene rings is 1. The van der Waals surface area contributed by atoms with Gasteiger partial charge in [-0.1, -0.05) is 11.6 Å². The van der Waals surface area contributed by atoms with Gasteiger partial charge in [0.2, 0.25) is 5.71 Å². The summed E-state index contributed by atoms with van der Waals surface area (Å²) in [6.45, 7) is 0.160. The quantitative estimate of drug-likeness (QED) is 0.637. The van der Waals surface area contributed by atoms with E-state index < -0.39 is 17.8 Å². The molecule has 0 unspecified atom stereocenters. The molecule has 0 aromatic heterocycles. The van der Waals surface area contributed by atoms with E-state index in [0.717, 1.165) is 4.90 Å². The van der Waals surface area contributed by atoms with Crippen molar-refractivity contribution in [3.63, 3.8) is 0 Å². The number of nitriles is 2. The van der Waals surface area contributed by atoms with E-state index in [1.165, 1.54) is 6.07 Å². The molecule has 11 heteroatoms. The lowest BCUT2D eigenvalue weighted by Gasteiger charge is -2.37. The maximum Gasteiger partial charge on any atom is 0.471 e. The molecule has 1 aliphatic heterocycles. The number of hydrogen-bond acceptors (Lipinski definition) is 6. The van der Waals surface area contributed by atoms with Gasteiger partial charge in [0, 0.05) is 31.2 Å². The Morgan fingerprint density at radius 1 is 1.19 bits per heavy atom. The van der Waals surface area contributed by atoms with Gasteiger partial charge in [-0.25, -0.2) is 0 Å². The van der Waals surface area contributed by atoms with Crippen molar-refractivity contribution in [2.45, 2.75) is 6.18 Å². The molecule has 1 saturated heterocycles. The number of amides is 1. The first-order valence-electron chi connectivity index (χ1n) is 7.30. The number of rotatable bonds is 3. The molecule has 0 saturated carbocycles. The number of anilines is 2. The van der Waals surface area contributed by atoms with Crippen LogP contribution in [0.2, 0.25) is 5.02 Å². The summed E-state index contributed by atoms with van der Waals surface area (Å²) in [6.07, 6.45) is -4.89. The van der Waals surface area contributed by atoms with Crippen molar-refractivity contribution < 1.29 is 18.0 Å². The summed E-state index contributed by atoms with van der Waals surface area (Å²) in [5.74, 6) is -1.86. The molecule has 0 spiro atoms. The van der Waals surface area contributed by atoms with Crippen LogP contribution in [0.5, 0.6) is 0 Å². The maximum atomic E-state index is 12.5. The van der Waals surface area contributed by atoms with Gasteiger partial charge in [0.25, 0.3) is 0 Å². The fourth-order valence-corrected chi connectivity index (χ4v) is 2.57. The van der Waals surface area contributed by atoms with Gasteiger partial charge in [-0.15, -0.1) is 0 Å². The Bertz CT molecular complexity index is 787. The summed E-state index contributed by atoms with van der Waals surface area (Å²) >= 11 is 5.94. The van der Waals surface area contributed by atoms with Gasteiger partial charge in [0.05, 0.1) is 11.4 Å². The molecule has 1 N–H and O–H groups in total. The molecule has 136 valence electrons. The van der Waals surface area contributed by atoms with Crippen molar-refractivity contribution in [1.29, 1.82) is 10.5 Å². The lowest BCUT2D eigenvalue weighted by molar-refractivity contribution is -0.185. The molecule has 1 aromatic rings. The van der Waals surface area contributed by atoms with E-state index in [9.17, 15) is 18.0 Å². The van der Waals surface area contributed by atoms with E-state index >= 15 is 0 Å². The van der Waals surface area contributed by atoms with Crippen LogP contribution in [-0.4, -0.2) is 48.9 Å². The largest absolute Gasteiger partial charge is 0.471 e. The minimum absolute atomic E-state index is 0.0919. The van der Waals surface area contributed by atoms with Crippen LogP contribution in [-0.2, 0) is 4.79 Å². The predicted octanol–water partition coefficient (Wildman–Crippen LogP) is 2.37. The highest BCUT2D eigenvalue weighted by Crippen LogP contribution is 2.30. The highest BCUT2D eigenvalue weighted by Gasteiger charge is 2.43. The van der Waals surface area contributed by atoms with E-state index in [4.69, 9.17) is 22.1 Å². The molecule has 1 amide bonds. The Morgan fingerprint density at radius 3 is 2.35 bits per heavy atom. The molecule has 2 rings (SSSR count). The zero-order valence-electron chi connectivity index (χ0n) is 13.2. The Morgan fingerprint density at radius 2 is 1.81 bits per heavy atom. The third-order valence-corrected chi connectivity index (χ3v) is 3.84. The molecule has 1 fully saturated rings. The van der Waals surface area contributed by atoms with Crippen molar-refractivity contribution in [3.05, 3.63) is 23.2 Å². The van der Waals surface area contributed by atoms with Gasteiger partial charge in [-0.2, -0.15) is 28.8 Å². The van der Waals surface area contributed by atoms with E-state index in [-0.39, 0.29) is 26.2 Å². The molecule has 0 aliphatic carbocycles. The second kappa shape index (κ2) is 7.93. The minimum atomic E-state index is -4.89. The minimum Gasteiger partial charge on any atom is -0.366 e. The number of nitrogens with zero attached hydrogens (tertiary/aromatic N) is 5. The Balaban J connectivity index is 2.16. The van der Waals surface area contributed by atoms with Crippen molar-refractivity contribution in [1.82, 2.24) is 4.90 Å². The SMILES string of the molecule is N#CC(C#N)=NNc1cc(Cl)ccc1N1CCN(C(=O)C(F)(F)F)CC1. The Labute approximate surface area is 151 Å². The van der Waals surface area contributed by atoms with Crippen LogP contribution in [0.3, 0.4) is 0 Å². The maximum absolute atomic E-state index is 12.5. The third kappa shape index (κ3) is 4.55. The zero-order valence-corrected chi connectivity index (χ0v) is 14.0. The van der Waals surface area contributed by atoms with Gasteiger partial charge in [0.15, 0.2) is 0 Å². The zero-order chi connectivity index (χ0) is 19.3. The van der Waals surface area contributed by atoms with Gasteiger partial charge in [0.1, 0.15) is 12.1 Å². The summed E-state index contributed by atoms with van der Waals surface area (Å²) < 4.78 is 37.5. The van der Waals surface area contributed by atoms with Crippen molar-refractivity contribution in [2.75, 3.05) is 36.5 Å². The number of piperazine rings is 1. The summed E-state index contributed by atoms with van der Waals surface area (Å²) in [4.78, 5) is 13.8. The molecule has 1 aliphatic rings. The highest BCUT2D eigenvalue weighted by atomic mass is 35.5. The lowest BCUT2D eigenvalue weighted by Crippen LogP contribution is -2.52. The number of hydrogen-bond donors (Lipinski definition) is 1. The van der Waals surface area contributed by atoms with Crippen LogP contribution in [0.1, 0.15) is 0 Å². The van der Waals surface area contributed by atoms with Gasteiger partial charge in [-0.3, -0.25) is 10.2 Å². The van der Waals surface area contributed by atoms with Crippen LogP contribution in [0.25, 0.3) is 0 Å². The number of halogens is 4. The third-order valence-electron chi connectivity index (χ3n) is 3.61. The molecule has 0 radical (unpaired) electrons. The fourth-order valence-electron chi connectivity index (χ4n) is 2.39. The first kappa shape index (κ1) is 19.3. The number of alkyl halides is 3. The molecule has 0 bridgehead atoms. The average molecular weight is 385 g/mol. The van der Waals surface area contributed by atoms with Gasteiger partial charge in [-0.05, 0) is 18.2 Å². The summed E-state index contributed by atoms with van der Waals surface area (Å²) in [5, 5.41) is 21.4. The summed E-state index contributed by atoms with van der Waals surface area (Å²) in [5.41, 5.74) is 3.14. The first-order valence-corrected chi connectivity index (χ1v) is 7.68.